The Balaban J connectivity index is 2.57. The van der Waals surface area contributed by atoms with Crippen LogP contribution in [0.5, 0.6) is 0 Å². The fourth-order valence-corrected chi connectivity index (χ4v) is 2.04. The van der Waals surface area contributed by atoms with Gasteiger partial charge in [0.1, 0.15) is 6.04 Å². The normalized spacial score (nSPS) is 12.0. The molecule has 0 spiro atoms. The van der Waals surface area contributed by atoms with Crippen LogP contribution in [0.4, 0.5) is 0 Å². The van der Waals surface area contributed by atoms with Crippen LogP contribution in [0.25, 0.3) is 0 Å². The van der Waals surface area contributed by atoms with Crippen LogP contribution in [0, 0.1) is 0 Å². The minimum Gasteiger partial charge on any atom is -0.467 e. The zero-order valence-corrected chi connectivity index (χ0v) is 13.2. The maximum absolute atomic E-state index is 12.1. The SMILES string of the molecule is COC(=O)C(CCCC(OC)OC)NC(=O)c1ccccc1. The fraction of sp³-hybridized carbons (Fsp3) is 0.500. The summed E-state index contributed by atoms with van der Waals surface area (Å²) in [6.45, 7) is 0. The van der Waals surface area contributed by atoms with Crippen LogP contribution >= 0.6 is 0 Å². The fourth-order valence-electron chi connectivity index (χ4n) is 2.04. The van der Waals surface area contributed by atoms with Gasteiger partial charge in [0, 0.05) is 19.8 Å². The molecule has 0 fully saturated rings. The first kappa shape index (κ1) is 18.1. The lowest BCUT2D eigenvalue weighted by atomic mass is 10.1. The number of rotatable bonds is 9. The Morgan fingerprint density at radius 2 is 1.68 bits per heavy atom. The first-order chi connectivity index (χ1) is 10.6. The zero-order valence-electron chi connectivity index (χ0n) is 13.2. The highest BCUT2D eigenvalue weighted by Gasteiger charge is 2.22. The minimum atomic E-state index is -0.688. The Kier molecular flexibility index (Phi) is 8.17. The van der Waals surface area contributed by atoms with E-state index in [1.165, 1.54) is 7.11 Å². The second-order valence-electron chi connectivity index (χ2n) is 4.75. The molecule has 6 heteroatoms. The molecule has 0 heterocycles. The number of carbonyl (C=O) groups is 2. The molecule has 1 aromatic carbocycles. The molecule has 0 saturated heterocycles. The van der Waals surface area contributed by atoms with Crippen LogP contribution in [0.15, 0.2) is 30.3 Å². The van der Waals surface area contributed by atoms with Crippen LogP contribution in [0.1, 0.15) is 29.6 Å². The average molecular weight is 309 g/mol. The van der Waals surface area contributed by atoms with Gasteiger partial charge in [-0.15, -0.1) is 0 Å². The van der Waals surface area contributed by atoms with Crippen molar-refractivity contribution in [3.8, 4) is 0 Å². The maximum atomic E-state index is 12.1. The molecule has 0 radical (unpaired) electrons. The van der Waals surface area contributed by atoms with E-state index >= 15 is 0 Å². The van der Waals surface area contributed by atoms with Crippen LogP contribution in [-0.2, 0) is 19.0 Å². The highest BCUT2D eigenvalue weighted by atomic mass is 16.7. The lowest BCUT2D eigenvalue weighted by molar-refractivity contribution is -0.143. The minimum absolute atomic E-state index is 0.300. The molecule has 0 aliphatic carbocycles. The van der Waals surface area contributed by atoms with Crippen molar-refractivity contribution < 1.29 is 23.8 Å². The summed E-state index contributed by atoms with van der Waals surface area (Å²) in [6, 6.07) is 8.05. The number of benzene rings is 1. The molecule has 1 amide bonds. The molecule has 122 valence electrons. The Labute approximate surface area is 130 Å². The van der Waals surface area contributed by atoms with Crippen molar-refractivity contribution in [2.24, 2.45) is 0 Å². The average Bonchev–Trinajstić information content (AvgIpc) is 2.57. The van der Waals surface area contributed by atoms with E-state index in [0.717, 1.165) is 0 Å². The van der Waals surface area contributed by atoms with E-state index in [2.05, 4.69) is 5.32 Å². The van der Waals surface area contributed by atoms with Crippen molar-refractivity contribution in [3.05, 3.63) is 35.9 Å². The molecule has 1 N–H and O–H groups in total. The Hall–Kier alpha value is -1.92. The predicted octanol–water partition coefficient (Wildman–Crippen LogP) is 1.75. The predicted molar refractivity (Wildman–Crippen MR) is 81.4 cm³/mol. The zero-order chi connectivity index (χ0) is 16.4. The summed E-state index contributed by atoms with van der Waals surface area (Å²) in [5, 5.41) is 2.70. The number of hydrogen-bond acceptors (Lipinski definition) is 5. The smallest absolute Gasteiger partial charge is 0.328 e. The van der Waals surface area contributed by atoms with Crippen LogP contribution in [0.3, 0.4) is 0 Å². The summed E-state index contributed by atoms with van der Waals surface area (Å²) >= 11 is 0. The largest absolute Gasteiger partial charge is 0.467 e. The van der Waals surface area contributed by atoms with E-state index in [9.17, 15) is 9.59 Å². The quantitative estimate of drug-likeness (QED) is 0.555. The third kappa shape index (κ3) is 5.83. The van der Waals surface area contributed by atoms with Gasteiger partial charge in [0.05, 0.1) is 7.11 Å². The first-order valence-electron chi connectivity index (χ1n) is 7.11. The molecule has 1 unspecified atom stereocenters. The molecule has 1 atom stereocenters. The molecule has 6 nitrogen and oxygen atoms in total. The molecule has 0 aliphatic rings. The standard InChI is InChI=1S/C16H23NO5/c1-20-14(21-2)11-7-10-13(16(19)22-3)17-15(18)12-8-5-4-6-9-12/h4-6,8-9,13-14H,7,10-11H2,1-3H3,(H,17,18). The van der Waals surface area contributed by atoms with Crippen molar-refractivity contribution in [2.45, 2.75) is 31.6 Å². The van der Waals surface area contributed by atoms with Crippen molar-refractivity contribution >= 4 is 11.9 Å². The van der Waals surface area contributed by atoms with E-state index in [4.69, 9.17) is 14.2 Å². The molecule has 22 heavy (non-hydrogen) atoms. The summed E-state index contributed by atoms with van der Waals surface area (Å²) in [4.78, 5) is 23.9. The second kappa shape index (κ2) is 9.92. The summed E-state index contributed by atoms with van der Waals surface area (Å²) in [5.41, 5.74) is 0.503. The van der Waals surface area contributed by atoms with Crippen molar-refractivity contribution in [1.82, 2.24) is 5.32 Å². The van der Waals surface area contributed by atoms with Crippen molar-refractivity contribution in [2.75, 3.05) is 21.3 Å². The van der Waals surface area contributed by atoms with Crippen LogP contribution in [-0.4, -0.2) is 45.5 Å². The molecule has 0 saturated carbocycles. The van der Waals surface area contributed by atoms with Crippen molar-refractivity contribution in [1.29, 1.82) is 0 Å². The van der Waals surface area contributed by atoms with E-state index in [-0.39, 0.29) is 12.2 Å². The number of methoxy groups -OCH3 is 3. The highest BCUT2D eigenvalue weighted by molar-refractivity contribution is 5.96. The van der Waals surface area contributed by atoms with E-state index in [1.54, 1.807) is 38.5 Å². The van der Waals surface area contributed by atoms with Gasteiger partial charge in [-0.3, -0.25) is 4.79 Å². The van der Waals surface area contributed by atoms with Gasteiger partial charge in [-0.05, 0) is 31.4 Å². The maximum Gasteiger partial charge on any atom is 0.328 e. The number of amides is 1. The van der Waals surface area contributed by atoms with Gasteiger partial charge in [-0.25, -0.2) is 4.79 Å². The lowest BCUT2D eigenvalue weighted by Gasteiger charge is -2.18. The molecule has 0 aromatic heterocycles. The van der Waals surface area contributed by atoms with Crippen LogP contribution in [0.2, 0.25) is 0 Å². The first-order valence-corrected chi connectivity index (χ1v) is 7.11. The van der Waals surface area contributed by atoms with E-state index in [0.29, 0.717) is 24.8 Å². The van der Waals surface area contributed by atoms with Gasteiger partial charge in [-0.1, -0.05) is 18.2 Å². The molecule has 0 bridgehead atoms. The Bertz CT molecular complexity index is 459. The third-order valence-corrected chi connectivity index (χ3v) is 3.29. The second-order valence-corrected chi connectivity index (χ2v) is 4.75. The molecule has 1 aromatic rings. The highest BCUT2D eigenvalue weighted by Crippen LogP contribution is 2.09. The number of ether oxygens (including phenoxy) is 3. The van der Waals surface area contributed by atoms with Gasteiger partial charge in [0.25, 0.3) is 5.91 Å². The molecule has 1 rings (SSSR count). The topological polar surface area (TPSA) is 73.9 Å². The van der Waals surface area contributed by atoms with E-state index < -0.39 is 12.0 Å². The third-order valence-electron chi connectivity index (χ3n) is 3.29. The number of nitrogens with one attached hydrogen (secondary N) is 1. The van der Waals surface area contributed by atoms with Gasteiger partial charge < -0.3 is 19.5 Å². The summed E-state index contributed by atoms with van der Waals surface area (Å²) in [6.07, 6.45) is 1.42. The van der Waals surface area contributed by atoms with Gasteiger partial charge >= 0.3 is 5.97 Å². The van der Waals surface area contributed by atoms with E-state index in [1.807, 2.05) is 6.07 Å². The lowest BCUT2D eigenvalue weighted by Crippen LogP contribution is -2.41. The monoisotopic (exact) mass is 309 g/mol. The Morgan fingerprint density at radius 1 is 1.05 bits per heavy atom. The Morgan fingerprint density at radius 3 is 2.23 bits per heavy atom. The number of esters is 1. The van der Waals surface area contributed by atoms with Crippen molar-refractivity contribution in [3.63, 3.8) is 0 Å². The molecule has 0 aliphatic heterocycles. The summed E-state index contributed by atoms with van der Waals surface area (Å²) in [5.74, 6) is -0.762. The molecular weight excluding hydrogens is 286 g/mol. The summed E-state index contributed by atoms with van der Waals surface area (Å²) in [7, 11) is 4.42. The molecular formula is C16H23NO5. The van der Waals surface area contributed by atoms with Gasteiger partial charge in [-0.2, -0.15) is 0 Å². The van der Waals surface area contributed by atoms with Gasteiger partial charge in [0.2, 0.25) is 0 Å². The van der Waals surface area contributed by atoms with Gasteiger partial charge in [0.15, 0.2) is 6.29 Å². The number of hydrogen-bond donors (Lipinski definition) is 1. The number of carbonyl (C=O) groups excluding carboxylic acids is 2. The summed E-state index contributed by atoms with van der Waals surface area (Å²) < 4.78 is 14.9. The van der Waals surface area contributed by atoms with Crippen LogP contribution < -0.4 is 5.32 Å².